The molecule has 2 aliphatic heterocycles. The summed E-state index contributed by atoms with van der Waals surface area (Å²) in [7, 11) is 2.15. The molecule has 2 aliphatic rings. The van der Waals surface area contributed by atoms with E-state index >= 15 is 0 Å². The third kappa shape index (κ3) is 2.95. The average Bonchev–Trinajstić information content (AvgIpc) is 3.34. The fraction of sp³-hybridized carbons (Fsp3) is 0.474. The van der Waals surface area contributed by atoms with Crippen LogP contribution in [0.1, 0.15) is 36.2 Å². The molecule has 2 saturated heterocycles. The van der Waals surface area contributed by atoms with Crippen LogP contribution < -0.4 is 0 Å². The van der Waals surface area contributed by atoms with Crippen LogP contribution in [0.15, 0.2) is 36.8 Å². The van der Waals surface area contributed by atoms with Gasteiger partial charge in [0.1, 0.15) is 11.5 Å². The minimum atomic E-state index is -0.291. The Balaban J connectivity index is 1.61. The summed E-state index contributed by atoms with van der Waals surface area (Å²) in [6, 6.07) is 6.86. The molecule has 2 fully saturated rings. The van der Waals surface area contributed by atoms with Crippen LogP contribution in [0.4, 0.5) is 4.39 Å². The molecule has 1 aromatic carbocycles. The van der Waals surface area contributed by atoms with Crippen LogP contribution in [0.3, 0.4) is 0 Å². The van der Waals surface area contributed by atoms with Gasteiger partial charge in [0.05, 0.1) is 12.5 Å². The number of carbonyl (C=O) groups is 1. The summed E-state index contributed by atoms with van der Waals surface area (Å²) >= 11 is 0. The quantitative estimate of drug-likeness (QED) is 0.861. The molecule has 0 aliphatic carbocycles. The molecule has 25 heavy (non-hydrogen) atoms. The highest BCUT2D eigenvalue weighted by Gasteiger charge is 2.39. The summed E-state index contributed by atoms with van der Waals surface area (Å²) in [6.07, 6.45) is 7.69. The molecular formula is C19H23FN4O. The van der Waals surface area contributed by atoms with E-state index in [1.165, 1.54) is 18.6 Å². The maximum absolute atomic E-state index is 13.2. The number of hydrogen-bond donors (Lipinski definition) is 0. The highest BCUT2D eigenvalue weighted by molar-refractivity contribution is 5.93. The Bertz CT molecular complexity index is 757. The van der Waals surface area contributed by atoms with Crippen LogP contribution in [0.5, 0.6) is 0 Å². The monoisotopic (exact) mass is 342 g/mol. The number of hydrogen-bond acceptors (Lipinski definition) is 3. The van der Waals surface area contributed by atoms with Crippen LogP contribution in [-0.4, -0.2) is 57.5 Å². The Morgan fingerprint density at radius 1 is 1.12 bits per heavy atom. The van der Waals surface area contributed by atoms with E-state index < -0.39 is 0 Å². The van der Waals surface area contributed by atoms with E-state index in [2.05, 4.69) is 16.9 Å². The number of likely N-dealkylation sites (N-methyl/N-ethyl adjacent to an activating group) is 1. The van der Waals surface area contributed by atoms with Crippen LogP contribution in [0.2, 0.25) is 0 Å². The van der Waals surface area contributed by atoms with Crippen LogP contribution in [0, 0.1) is 5.82 Å². The van der Waals surface area contributed by atoms with Gasteiger partial charge in [0.25, 0.3) is 5.91 Å². The molecule has 0 N–H and O–H groups in total. The number of carbonyl (C=O) groups excluding carboxylic acids is 1. The summed E-state index contributed by atoms with van der Waals surface area (Å²) in [5.74, 6) is -0.273. The molecule has 3 heterocycles. The Hall–Kier alpha value is -2.21. The summed E-state index contributed by atoms with van der Waals surface area (Å²) in [4.78, 5) is 21.8. The molecule has 6 heteroatoms. The van der Waals surface area contributed by atoms with Gasteiger partial charge in [-0.1, -0.05) is 0 Å². The third-order valence-corrected chi connectivity index (χ3v) is 5.54. The molecule has 1 aromatic heterocycles. The lowest BCUT2D eigenvalue weighted by Gasteiger charge is -2.33. The van der Waals surface area contributed by atoms with Gasteiger partial charge in [-0.15, -0.1) is 0 Å². The van der Waals surface area contributed by atoms with E-state index in [9.17, 15) is 9.18 Å². The molecule has 0 saturated carbocycles. The SMILES string of the molecule is CN1CCC[C@H]1[C@@H]1CCCN1C(=O)c1cncn1-c1ccc(F)cc1. The number of likely N-dealkylation sites (tertiary alicyclic amines) is 2. The average molecular weight is 342 g/mol. The summed E-state index contributed by atoms with van der Waals surface area (Å²) in [6.45, 7) is 1.90. The van der Waals surface area contributed by atoms with Crippen molar-refractivity contribution in [1.82, 2.24) is 19.4 Å². The maximum atomic E-state index is 13.2. The van der Waals surface area contributed by atoms with Gasteiger partial charge >= 0.3 is 0 Å². The van der Waals surface area contributed by atoms with Gasteiger partial charge in [0.15, 0.2) is 0 Å². The summed E-state index contributed by atoms with van der Waals surface area (Å²) in [5.41, 5.74) is 1.29. The second-order valence-corrected chi connectivity index (χ2v) is 7.02. The van der Waals surface area contributed by atoms with Gasteiger partial charge in [-0.2, -0.15) is 0 Å². The topological polar surface area (TPSA) is 41.4 Å². The molecule has 4 rings (SSSR count). The number of nitrogens with zero attached hydrogens (tertiary/aromatic N) is 4. The normalized spacial score (nSPS) is 24.2. The Kier molecular flexibility index (Phi) is 4.29. The summed E-state index contributed by atoms with van der Waals surface area (Å²) < 4.78 is 14.9. The highest BCUT2D eigenvalue weighted by atomic mass is 19.1. The molecule has 1 amide bonds. The fourth-order valence-electron chi connectivity index (χ4n) is 4.27. The first kappa shape index (κ1) is 16.3. The summed E-state index contributed by atoms with van der Waals surface area (Å²) in [5, 5.41) is 0. The van der Waals surface area contributed by atoms with Crippen molar-refractivity contribution in [2.24, 2.45) is 0 Å². The lowest BCUT2D eigenvalue weighted by atomic mass is 10.0. The number of benzene rings is 1. The highest BCUT2D eigenvalue weighted by Crippen LogP contribution is 2.30. The van der Waals surface area contributed by atoms with E-state index in [0.717, 1.165) is 38.0 Å². The zero-order chi connectivity index (χ0) is 17.4. The van der Waals surface area contributed by atoms with E-state index in [1.807, 2.05) is 4.90 Å². The molecule has 5 nitrogen and oxygen atoms in total. The Morgan fingerprint density at radius 3 is 2.56 bits per heavy atom. The molecule has 0 radical (unpaired) electrons. The third-order valence-electron chi connectivity index (χ3n) is 5.54. The van der Waals surface area contributed by atoms with E-state index in [1.54, 1.807) is 29.2 Å². The zero-order valence-corrected chi connectivity index (χ0v) is 14.4. The fourth-order valence-corrected chi connectivity index (χ4v) is 4.27. The predicted molar refractivity (Wildman–Crippen MR) is 93.2 cm³/mol. The maximum Gasteiger partial charge on any atom is 0.272 e. The van der Waals surface area contributed by atoms with Crippen molar-refractivity contribution in [2.45, 2.75) is 37.8 Å². The molecular weight excluding hydrogens is 319 g/mol. The van der Waals surface area contributed by atoms with Crippen LogP contribution >= 0.6 is 0 Å². The molecule has 0 bridgehead atoms. The van der Waals surface area contributed by atoms with Gasteiger partial charge in [0, 0.05) is 24.3 Å². The van der Waals surface area contributed by atoms with Crippen molar-refractivity contribution < 1.29 is 9.18 Å². The zero-order valence-electron chi connectivity index (χ0n) is 14.4. The lowest BCUT2D eigenvalue weighted by molar-refractivity contribution is 0.0656. The number of amides is 1. The molecule has 2 aromatic rings. The van der Waals surface area contributed by atoms with Crippen LogP contribution in [0.25, 0.3) is 5.69 Å². The molecule has 0 spiro atoms. The first-order chi connectivity index (χ1) is 12.1. The standard InChI is InChI=1S/C19H23FN4O/c1-22-10-2-4-16(22)17-5-3-11-23(17)19(25)18-12-21-13-24(18)15-8-6-14(20)7-9-15/h6-9,12-13,16-17H,2-5,10-11H2,1H3/t16-,17-/m0/s1. The van der Waals surface area contributed by atoms with Gasteiger partial charge in [-0.3, -0.25) is 9.36 Å². The van der Waals surface area contributed by atoms with Crippen molar-refractivity contribution >= 4 is 5.91 Å². The second kappa shape index (κ2) is 6.59. The van der Waals surface area contributed by atoms with Gasteiger partial charge < -0.3 is 9.80 Å². The smallest absolute Gasteiger partial charge is 0.272 e. The van der Waals surface area contributed by atoms with Gasteiger partial charge in [-0.25, -0.2) is 9.37 Å². The number of aromatic nitrogens is 2. The number of rotatable bonds is 3. The molecule has 132 valence electrons. The van der Waals surface area contributed by atoms with E-state index in [-0.39, 0.29) is 17.8 Å². The minimum absolute atomic E-state index is 0.0182. The van der Waals surface area contributed by atoms with Crippen molar-refractivity contribution in [1.29, 1.82) is 0 Å². The first-order valence-electron chi connectivity index (χ1n) is 8.94. The van der Waals surface area contributed by atoms with E-state index in [0.29, 0.717) is 11.7 Å². The largest absolute Gasteiger partial charge is 0.333 e. The second-order valence-electron chi connectivity index (χ2n) is 7.02. The first-order valence-corrected chi connectivity index (χ1v) is 8.94. The molecule has 2 atom stereocenters. The van der Waals surface area contributed by atoms with Crippen molar-refractivity contribution in [2.75, 3.05) is 20.1 Å². The minimum Gasteiger partial charge on any atom is -0.333 e. The number of imidazole rings is 1. The Labute approximate surface area is 147 Å². The lowest BCUT2D eigenvalue weighted by Crippen LogP contribution is -2.47. The van der Waals surface area contributed by atoms with Crippen molar-refractivity contribution in [3.05, 3.63) is 48.3 Å². The number of halogens is 1. The van der Waals surface area contributed by atoms with Crippen molar-refractivity contribution in [3.63, 3.8) is 0 Å². The van der Waals surface area contributed by atoms with E-state index in [4.69, 9.17) is 0 Å². The Morgan fingerprint density at radius 2 is 1.84 bits per heavy atom. The van der Waals surface area contributed by atoms with Crippen LogP contribution in [-0.2, 0) is 0 Å². The molecule has 0 unspecified atom stereocenters. The van der Waals surface area contributed by atoms with Crippen molar-refractivity contribution in [3.8, 4) is 5.69 Å². The van der Waals surface area contributed by atoms with Gasteiger partial charge in [-0.05, 0) is 63.5 Å². The van der Waals surface area contributed by atoms with Gasteiger partial charge in [0.2, 0.25) is 0 Å². The predicted octanol–water partition coefficient (Wildman–Crippen LogP) is 2.71.